The zero-order valence-electron chi connectivity index (χ0n) is 29.2. The van der Waals surface area contributed by atoms with Gasteiger partial charge in [0.25, 0.3) is 0 Å². The SMILES string of the molecule is COCC1=C\[C@@H]2OC(=O)[C@H](C)[C@@]2(O)[C@@H](OC(C)=O)[C@H]2[C@@]3(CO3)[C@H](OC(C)=O)[C@H](OC(C)=O)[C@H](OC(=O)CC(C)C)[C@]2(C)[C@@H](OC(C)=O)/C=C\1. The molecule has 0 aromatic heterocycles. The second-order valence-electron chi connectivity index (χ2n) is 13.8. The zero-order chi connectivity index (χ0) is 36.6. The van der Waals surface area contributed by atoms with Crippen LogP contribution in [0.4, 0.5) is 0 Å². The number of ether oxygens (including phenoxy) is 8. The Morgan fingerprint density at radius 2 is 1.49 bits per heavy atom. The minimum absolute atomic E-state index is 0.0510. The number of hydrogen-bond acceptors (Lipinski definition) is 15. The maximum atomic E-state index is 13.6. The number of aliphatic hydroxyl groups is 1. The predicted octanol–water partition coefficient (Wildman–Crippen LogP) is 1.51. The summed E-state index contributed by atoms with van der Waals surface area (Å²) in [7, 11) is 1.42. The van der Waals surface area contributed by atoms with Gasteiger partial charge in [0.05, 0.1) is 24.5 Å². The van der Waals surface area contributed by atoms with Gasteiger partial charge in [-0.2, -0.15) is 0 Å². The Morgan fingerprint density at radius 1 is 0.918 bits per heavy atom. The number of epoxide rings is 1. The molecule has 49 heavy (non-hydrogen) atoms. The number of carbonyl (C=O) groups is 6. The average molecular weight is 695 g/mol. The maximum Gasteiger partial charge on any atom is 0.312 e. The molecule has 2 aliphatic carbocycles. The summed E-state index contributed by atoms with van der Waals surface area (Å²) in [5, 5.41) is 12.8. The van der Waals surface area contributed by atoms with Crippen molar-refractivity contribution in [3.63, 3.8) is 0 Å². The summed E-state index contributed by atoms with van der Waals surface area (Å²) >= 11 is 0. The van der Waals surface area contributed by atoms with E-state index < -0.39 is 101 Å². The van der Waals surface area contributed by atoms with Crippen molar-refractivity contribution in [1.29, 1.82) is 0 Å². The first-order chi connectivity index (χ1) is 22.8. The average Bonchev–Trinajstić information content (AvgIpc) is 3.72. The number of carbonyl (C=O) groups excluding carboxylic acids is 6. The Hall–Kier alpha value is -3.82. The number of methoxy groups -OCH3 is 1. The highest BCUT2D eigenvalue weighted by atomic mass is 16.7. The molecule has 15 nitrogen and oxygen atoms in total. The molecular weight excluding hydrogens is 648 g/mol. The van der Waals surface area contributed by atoms with E-state index in [0.29, 0.717) is 5.57 Å². The Balaban J connectivity index is 2.17. The predicted molar refractivity (Wildman–Crippen MR) is 165 cm³/mol. The van der Waals surface area contributed by atoms with Gasteiger partial charge < -0.3 is 43.0 Å². The molecule has 2 heterocycles. The topological polar surface area (TPSA) is 200 Å². The first-order valence-electron chi connectivity index (χ1n) is 16.2. The van der Waals surface area contributed by atoms with Crippen LogP contribution in [0.1, 0.15) is 61.8 Å². The van der Waals surface area contributed by atoms with Crippen LogP contribution in [0.25, 0.3) is 0 Å². The summed E-state index contributed by atoms with van der Waals surface area (Å²) < 4.78 is 46.9. The highest BCUT2D eigenvalue weighted by Gasteiger charge is 2.81. The number of fused-ring (bicyclic) bond motifs is 3. The van der Waals surface area contributed by atoms with E-state index in [1.165, 1.54) is 32.3 Å². The Labute approximate surface area is 284 Å². The van der Waals surface area contributed by atoms with Crippen LogP contribution in [0.5, 0.6) is 0 Å². The van der Waals surface area contributed by atoms with E-state index in [-0.39, 0.29) is 25.6 Å². The fourth-order valence-electron chi connectivity index (χ4n) is 7.61. The highest BCUT2D eigenvalue weighted by Crippen LogP contribution is 2.63. The molecule has 4 aliphatic rings. The third-order valence-corrected chi connectivity index (χ3v) is 9.66. The lowest BCUT2D eigenvalue weighted by Crippen LogP contribution is -2.76. The molecule has 0 aromatic carbocycles. The van der Waals surface area contributed by atoms with Gasteiger partial charge in [0, 0.05) is 47.1 Å². The van der Waals surface area contributed by atoms with Gasteiger partial charge in [0.2, 0.25) is 0 Å². The van der Waals surface area contributed by atoms with Gasteiger partial charge in [-0.15, -0.1) is 0 Å². The summed E-state index contributed by atoms with van der Waals surface area (Å²) in [5.41, 5.74) is -5.48. The van der Waals surface area contributed by atoms with Crippen LogP contribution in [0.3, 0.4) is 0 Å². The van der Waals surface area contributed by atoms with Gasteiger partial charge >= 0.3 is 35.8 Å². The Kier molecular flexibility index (Phi) is 11.0. The lowest BCUT2D eigenvalue weighted by Gasteiger charge is -2.59. The van der Waals surface area contributed by atoms with Crippen LogP contribution >= 0.6 is 0 Å². The van der Waals surface area contributed by atoms with Gasteiger partial charge in [0.15, 0.2) is 30.0 Å². The van der Waals surface area contributed by atoms with Crippen LogP contribution in [-0.4, -0.2) is 109 Å². The molecule has 3 fully saturated rings. The van der Waals surface area contributed by atoms with Crippen molar-refractivity contribution in [3.05, 3.63) is 23.8 Å². The van der Waals surface area contributed by atoms with Crippen molar-refractivity contribution in [1.82, 2.24) is 0 Å². The molecule has 1 N–H and O–H groups in total. The molecule has 4 rings (SSSR count). The van der Waals surface area contributed by atoms with E-state index in [4.69, 9.17) is 37.9 Å². The molecule has 15 heteroatoms. The van der Waals surface area contributed by atoms with Crippen molar-refractivity contribution < 1.29 is 71.8 Å². The van der Waals surface area contributed by atoms with E-state index in [0.717, 1.165) is 27.7 Å². The van der Waals surface area contributed by atoms with Gasteiger partial charge in [-0.3, -0.25) is 28.8 Å². The highest BCUT2D eigenvalue weighted by molar-refractivity contribution is 5.78. The Morgan fingerprint density at radius 3 is 2.00 bits per heavy atom. The fourth-order valence-corrected chi connectivity index (χ4v) is 7.61. The zero-order valence-corrected chi connectivity index (χ0v) is 29.2. The summed E-state index contributed by atoms with van der Waals surface area (Å²) in [6.45, 7) is 10.8. The van der Waals surface area contributed by atoms with Gasteiger partial charge in [-0.25, -0.2) is 0 Å². The van der Waals surface area contributed by atoms with Crippen LogP contribution in [0, 0.1) is 23.2 Å². The van der Waals surface area contributed by atoms with E-state index in [1.807, 2.05) is 0 Å². The van der Waals surface area contributed by atoms with E-state index >= 15 is 0 Å². The number of hydrogen-bond donors (Lipinski definition) is 1. The van der Waals surface area contributed by atoms with Crippen molar-refractivity contribution in [2.24, 2.45) is 23.2 Å². The van der Waals surface area contributed by atoms with Crippen molar-refractivity contribution in [2.45, 2.75) is 110 Å². The van der Waals surface area contributed by atoms with Gasteiger partial charge in [0.1, 0.15) is 17.8 Å². The molecule has 0 unspecified atom stereocenters. The van der Waals surface area contributed by atoms with Crippen LogP contribution in [0.15, 0.2) is 23.8 Å². The number of rotatable bonds is 9. The molecule has 1 saturated carbocycles. The molecule has 1 spiro atoms. The first-order valence-corrected chi connectivity index (χ1v) is 16.2. The summed E-state index contributed by atoms with van der Waals surface area (Å²) in [6, 6.07) is 0. The minimum Gasteiger partial charge on any atom is -0.459 e. The molecule has 0 radical (unpaired) electrons. The van der Waals surface area contributed by atoms with Gasteiger partial charge in [-0.1, -0.05) is 26.8 Å². The molecule has 2 aliphatic heterocycles. The Bertz CT molecular complexity index is 1410. The van der Waals surface area contributed by atoms with E-state index in [9.17, 15) is 33.9 Å². The van der Waals surface area contributed by atoms with Crippen molar-refractivity contribution >= 4 is 35.8 Å². The van der Waals surface area contributed by atoms with E-state index in [2.05, 4.69) is 0 Å². The fraction of sp³-hybridized carbons (Fsp3) is 0.706. The summed E-state index contributed by atoms with van der Waals surface area (Å²) in [5.74, 6) is -7.72. The standard InChI is InChI=1S/C34H46O15/c1-16(2)12-25(39)49-28-26(45-19(5)36)29(46-20(6)37)33(15-43-33)27-30(47-21(7)38)34(41)17(3)31(40)48-24(34)13-22(14-42-9)10-11-23(32(27,28)8)44-18(4)35/h10-11,13,16-17,23-24,26-30,41H,12,14-15H2,1-9H3/b11-10-,22-13-/t17-,23-,24-,26+,27+,28-,29+,30-,32+,33-,34-/m0/s1. The minimum atomic E-state index is -2.33. The lowest BCUT2D eigenvalue weighted by atomic mass is 9.51. The van der Waals surface area contributed by atoms with Crippen molar-refractivity contribution in [2.75, 3.05) is 20.3 Å². The second-order valence-corrected chi connectivity index (χ2v) is 13.8. The molecule has 272 valence electrons. The quantitative estimate of drug-likeness (QED) is 0.207. The molecule has 0 bridgehead atoms. The second kappa shape index (κ2) is 14.2. The molecule has 0 amide bonds. The third kappa shape index (κ3) is 7.11. The van der Waals surface area contributed by atoms with Crippen LogP contribution in [-0.2, 0) is 66.7 Å². The van der Waals surface area contributed by atoms with Gasteiger partial charge in [-0.05, 0) is 30.6 Å². The molecule has 11 atom stereocenters. The number of esters is 6. The molecular formula is C34H46O15. The normalized spacial score (nSPS) is 39.7. The van der Waals surface area contributed by atoms with Crippen molar-refractivity contribution in [3.8, 4) is 0 Å². The van der Waals surface area contributed by atoms with E-state index in [1.54, 1.807) is 20.8 Å². The van der Waals surface area contributed by atoms with Crippen LogP contribution < -0.4 is 0 Å². The first kappa shape index (κ1) is 38.0. The summed E-state index contributed by atoms with van der Waals surface area (Å²) in [6.07, 6.45) is -4.79. The summed E-state index contributed by atoms with van der Waals surface area (Å²) in [4.78, 5) is 78.0. The molecule has 0 aromatic rings. The maximum absolute atomic E-state index is 13.6. The monoisotopic (exact) mass is 694 g/mol. The lowest BCUT2D eigenvalue weighted by molar-refractivity contribution is -0.279. The smallest absolute Gasteiger partial charge is 0.312 e. The largest absolute Gasteiger partial charge is 0.459 e. The third-order valence-electron chi connectivity index (χ3n) is 9.66. The van der Waals surface area contributed by atoms with Crippen LogP contribution in [0.2, 0.25) is 0 Å². The molecule has 2 saturated heterocycles.